The molecule has 1 aliphatic carbocycles. The van der Waals surface area contributed by atoms with E-state index in [1.165, 1.54) is 17.2 Å². The molecule has 6 rings (SSSR count). The second kappa shape index (κ2) is 8.20. The average Bonchev–Trinajstić information content (AvgIpc) is 3.49. The van der Waals surface area contributed by atoms with Crippen LogP contribution < -0.4 is 15.4 Å². The van der Waals surface area contributed by atoms with E-state index in [9.17, 15) is 18.0 Å². The predicted molar refractivity (Wildman–Crippen MR) is 125 cm³/mol. The molecule has 1 saturated carbocycles. The van der Waals surface area contributed by atoms with E-state index in [-0.39, 0.29) is 39.7 Å². The number of nitrogens with zero attached hydrogens (tertiary/aromatic N) is 3. The Morgan fingerprint density at radius 1 is 1.20 bits per heavy atom. The van der Waals surface area contributed by atoms with E-state index in [2.05, 4.69) is 44.7 Å². The molecule has 1 fully saturated rings. The number of benzene rings is 1. The van der Waals surface area contributed by atoms with Gasteiger partial charge in [0.25, 0.3) is 5.91 Å². The predicted octanol–water partition coefficient (Wildman–Crippen LogP) is 4.91. The molecule has 2 N–H and O–H groups in total. The van der Waals surface area contributed by atoms with Crippen LogP contribution in [0.2, 0.25) is 0 Å². The summed E-state index contributed by atoms with van der Waals surface area (Å²) in [5, 5.41) is 6.15. The number of halogens is 3. The largest absolute Gasteiger partial charge is 0.481 e. The van der Waals surface area contributed by atoms with Gasteiger partial charge in [-0.05, 0) is 54.6 Å². The molecule has 1 amide bonds. The number of ether oxygens (including phenoxy) is 1. The molecule has 3 aromatic rings. The highest BCUT2D eigenvalue weighted by Gasteiger charge is 2.37. The van der Waals surface area contributed by atoms with Gasteiger partial charge in [-0.2, -0.15) is 13.2 Å². The fourth-order valence-corrected chi connectivity index (χ4v) is 5.63. The second-order valence-corrected chi connectivity index (χ2v) is 10.2. The highest BCUT2D eigenvalue weighted by atomic mass is 32.1. The maximum atomic E-state index is 13.9. The van der Waals surface area contributed by atoms with Crippen LogP contribution in [-0.2, 0) is 19.3 Å². The first-order valence-electron chi connectivity index (χ1n) is 11.4. The molecule has 35 heavy (non-hydrogen) atoms. The maximum Gasteiger partial charge on any atom is 0.420 e. The van der Waals surface area contributed by atoms with E-state index in [1.807, 2.05) is 0 Å². The van der Waals surface area contributed by atoms with Crippen LogP contribution in [0.3, 0.4) is 0 Å². The minimum atomic E-state index is -4.66. The number of thiophene rings is 1. The Morgan fingerprint density at radius 2 is 1.97 bits per heavy atom. The molecule has 2 aromatic heterocycles. The monoisotopic (exact) mass is 501 g/mol. The molecule has 2 aliphatic heterocycles. The zero-order chi connectivity index (χ0) is 24.3. The Bertz CT molecular complexity index is 1340. The Kier molecular flexibility index (Phi) is 5.22. The number of anilines is 2. The summed E-state index contributed by atoms with van der Waals surface area (Å²) in [5.74, 6) is 0.138. The summed E-state index contributed by atoms with van der Waals surface area (Å²) >= 11 is 0.979. The first-order valence-corrected chi connectivity index (χ1v) is 12.2. The molecule has 182 valence electrons. The van der Waals surface area contributed by atoms with E-state index in [0.717, 1.165) is 54.7 Å². The van der Waals surface area contributed by atoms with Gasteiger partial charge in [-0.1, -0.05) is 17.4 Å². The molecule has 3 aliphatic rings. The Balaban J connectivity index is 1.41. The first kappa shape index (κ1) is 22.3. The molecule has 11 heteroatoms. The van der Waals surface area contributed by atoms with Gasteiger partial charge in [0, 0.05) is 25.0 Å². The van der Waals surface area contributed by atoms with Crippen molar-refractivity contribution in [2.45, 2.75) is 38.0 Å². The van der Waals surface area contributed by atoms with Crippen molar-refractivity contribution in [2.75, 3.05) is 25.5 Å². The molecule has 0 saturated heterocycles. The summed E-state index contributed by atoms with van der Waals surface area (Å²) in [6.45, 7) is 2.29. The van der Waals surface area contributed by atoms with Crippen LogP contribution in [0.1, 0.15) is 51.4 Å². The van der Waals surface area contributed by atoms with Crippen molar-refractivity contribution in [1.29, 1.82) is 0 Å². The molecular formula is C24H22F3N5O2S. The summed E-state index contributed by atoms with van der Waals surface area (Å²) in [5.41, 5.74) is 3.43. The molecule has 4 heterocycles. The number of carbonyl (C=O) groups excluding carboxylic acids is 1. The number of rotatable bonds is 4. The minimum Gasteiger partial charge on any atom is -0.481 e. The summed E-state index contributed by atoms with van der Waals surface area (Å²) in [6.07, 6.45) is -1.68. The highest BCUT2D eigenvalue weighted by molar-refractivity contribution is 7.17. The number of aromatic nitrogens is 2. The third kappa shape index (κ3) is 4.23. The fraction of sp³-hybridized carbons (Fsp3) is 0.375. The summed E-state index contributed by atoms with van der Waals surface area (Å²) in [4.78, 5) is 23.0. The highest BCUT2D eigenvalue weighted by Crippen LogP contribution is 2.46. The van der Waals surface area contributed by atoms with E-state index in [1.54, 1.807) is 0 Å². The van der Waals surface area contributed by atoms with Gasteiger partial charge < -0.3 is 15.4 Å². The molecule has 0 bridgehead atoms. The topological polar surface area (TPSA) is 79.4 Å². The lowest BCUT2D eigenvalue weighted by molar-refractivity contribution is -0.137. The second-order valence-electron chi connectivity index (χ2n) is 9.15. The zero-order valence-electron chi connectivity index (χ0n) is 18.8. The number of carbonyl (C=O) groups is 1. The van der Waals surface area contributed by atoms with Crippen molar-refractivity contribution in [3.8, 4) is 15.6 Å². The molecular weight excluding hydrogens is 479 g/mol. The Morgan fingerprint density at radius 3 is 2.71 bits per heavy atom. The quantitative estimate of drug-likeness (QED) is 0.529. The molecule has 0 unspecified atom stereocenters. The lowest BCUT2D eigenvalue weighted by Crippen LogP contribution is -2.24. The third-order valence-electron chi connectivity index (χ3n) is 6.41. The first-order chi connectivity index (χ1) is 16.8. The van der Waals surface area contributed by atoms with Crippen LogP contribution in [0.4, 0.5) is 24.8 Å². The number of fused-ring (bicyclic) bond motifs is 2. The third-order valence-corrected chi connectivity index (χ3v) is 7.46. The van der Waals surface area contributed by atoms with Crippen molar-refractivity contribution in [3.05, 3.63) is 52.2 Å². The Hall–Kier alpha value is -3.18. The normalized spacial score (nSPS) is 17.9. The standard InChI is InChI=1S/C24H22F3N5O2S/c1-32-10-13-6-15(12-2-3-12)18(7-14(13)11-32)30-23-29-9-17(24(25,26)27)20(31-23)19-8-16-21(33)28-4-5-34-22(16)35-19/h6-9,12H,2-5,10-11H2,1H3,(H,28,33)(H,29,30,31). The van der Waals surface area contributed by atoms with Gasteiger partial charge in [0.05, 0.1) is 22.7 Å². The molecule has 1 aromatic carbocycles. The van der Waals surface area contributed by atoms with Crippen LogP contribution in [0.15, 0.2) is 24.4 Å². The van der Waals surface area contributed by atoms with Crippen molar-refractivity contribution >= 4 is 28.9 Å². The van der Waals surface area contributed by atoms with Crippen molar-refractivity contribution < 1.29 is 22.7 Å². The summed E-state index contributed by atoms with van der Waals surface area (Å²) in [7, 11) is 2.06. The van der Waals surface area contributed by atoms with Gasteiger partial charge in [-0.3, -0.25) is 9.69 Å². The lowest BCUT2D eigenvalue weighted by atomic mass is 10.0. The summed E-state index contributed by atoms with van der Waals surface area (Å²) < 4.78 is 47.2. The van der Waals surface area contributed by atoms with Gasteiger partial charge in [-0.25, -0.2) is 9.97 Å². The van der Waals surface area contributed by atoms with Gasteiger partial charge in [0.15, 0.2) is 5.06 Å². The Labute approximate surface area is 203 Å². The molecule has 0 radical (unpaired) electrons. The minimum absolute atomic E-state index is 0.0789. The number of hydrogen-bond acceptors (Lipinski definition) is 7. The maximum absolute atomic E-state index is 13.9. The molecule has 0 spiro atoms. The number of amides is 1. The van der Waals surface area contributed by atoms with Crippen LogP contribution in [0, 0.1) is 0 Å². The van der Waals surface area contributed by atoms with Crippen molar-refractivity contribution in [1.82, 2.24) is 20.2 Å². The summed E-state index contributed by atoms with van der Waals surface area (Å²) in [6, 6.07) is 5.68. The average molecular weight is 502 g/mol. The fourth-order valence-electron chi connectivity index (χ4n) is 4.60. The smallest absolute Gasteiger partial charge is 0.420 e. The van der Waals surface area contributed by atoms with Gasteiger partial charge >= 0.3 is 6.18 Å². The van der Waals surface area contributed by atoms with Gasteiger partial charge in [0.1, 0.15) is 12.2 Å². The van der Waals surface area contributed by atoms with Crippen LogP contribution in [0.5, 0.6) is 5.06 Å². The van der Waals surface area contributed by atoms with Gasteiger partial charge in [0.2, 0.25) is 5.95 Å². The molecule has 0 atom stereocenters. The van der Waals surface area contributed by atoms with Gasteiger partial charge in [-0.15, -0.1) is 0 Å². The van der Waals surface area contributed by atoms with Crippen LogP contribution in [-0.4, -0.2) is 41.0 Å². The van der Waals surface area contributed by atoms with Crippen LogP contribution in [0.25, 0.3) is 10.6 Å². The SMILES string of the molecule is CN1Cc2cc(Nc3ncc(C(F)(F)F)c(-c4cc5c(s4)OCCNC5=O)n3)c(C3CC3)cc2C1. The number of alkyl halides is 3. The lowest BCUT2D eigenvalue weighted by Gasteiger charge is -2.15. The van der Waals surface area contributed by atoms with E-state index in [4.69, 9.17) is 4.74 Å². The molecule has 7 nitrogen and oxygen atoms in total. The van der Waals surface area contributed by atoms with Crippen molar-refractivity contribution in [3.63, 3.8) is 0 Å². The zero-order valence-corrected chi connectivity index (χ0v) is 19.6. The van der Waals surface area contributed by atoms with Crippen LogP contribution >= 0.6 is 11.3 Å². The number of hydrogen-bond donors (Lipinski definition) is 2. The number of nitrogens with one attached hydrogen (secondary N) is 2. The van der Waals surface area contributed by atoms with E-state index in [0.29, 0.717) is 12.5 Å². The van der Waals surface area contributed by atoms with E-state index >= 15 is 0 Å². The van der Waals surface area contributed by atoms with Crippen molar-refractivity contribution in [2.24, 2.45) is 0 Å². The van der Waals surface area contributed by atoms with E-state index < -0.39 is 11.7 Å².